The first-order valence-corrected chi connectivity index (χ1v) is 29.9. The molecule has 0 heterocycles. The highest BCUT2D eigenvalue weighted by molar-refractivity contribution is 5.49. The van der Waals surface area contributed by atoms with Crippen molar-refractivity contribution in [3.05, 3.63) is 24.8 Å². The Hall–Kier alpha value is -0.930. The third-order valence-corrected chi connectivity index (χ3v) is 14.2. The molecule has 0 aliphatic carbocycles. The fourth-order valence-electron chi connectivity index (χ4n) is 9.60. The SMILES string of the molecule is C=C(CCCCCCCCC(CCCCCCCCC)N(C)CCCNC)CC(CCCCC)CCCCCC.C=CCCCCCCC.CCCCCCC(CC=O)CCCCCC. The summed E-state index contributed by atoms with van der Waals surface area (Å²) in [4.78, 5) is 13.3. The van der Waals surface area contributed by atoms with Gasteiger partial charge in [0.05, 0.1) is 0 Å². The summed E-state index contributed by atoms with van der Waals surface area (Å²) in [6.07, 6.45) is 62.9. The summed E-state index contributed by atoms with van der Waals surface area (Å²) in [5, 5.41) is 3.32. The smallest absolute Gasteiger partial charge is 0.120 e. The van der Waals surface area contributed by atoms with Crippen LogP contribution >= 0.6 is 0 Å². The molecular weight excluding hydrogens is 789 g/mol. The summed E-state index contributed by atoms with van der Waals surface area (Å²) < 4.78 is 0. The first kappa shape index (κ1) is 68.3. The molecule has 0 aromatic rings. The molecule has 0 aromatic heterocycles. The molecule has 0 rings (SSSR count). The van der Waals surface area contributed by atoms with E-state index in [0.717, 1.165) is 31.2 Å². The van der Waals surface area contributed by atoms with Crippen molar-refractivity contribution < 1.29 is 4.79 Å². The fraction of sp³-hybridized carbons (Fsp3) is 0.919. The Morgan fingerprint density at radius 2 is 0.831 bits per heavy atom. The number of carbonyl (C=O) groups excluding carboxylic acids is 1. The second-order valence-corrected chi connectivity index (χ2v) is 20.8. The van der Waals surface area contributed by atoms with Crippen LogP contribution in [0.4, 0.5) is 0 Å². The number of nitrogens with one attached hydrogen (secondary N) is 1. The van der Waals surface area contributed by atoms with Crippen molar-refractivity contribution in [2.24, 2.45) is 11.8 Å². The second kappa shape index (κ2) is 61.1. The number of allylic oxidation sites excluding steroid dienone is 2. The standard InChI is InChI=1S/C38H78N2.C15H30O.C9H18/c1-7-10-13-15-16-20-25-31-38(40(6)34-27-33-39-5)32-26-21-18-17-19-23-28-36(4)35-37(29-22-12-9-3)30-24-14-11-8-2;1-3-5-7-9-11-15(13-14-16)12-10-8-6-4-2;1-3-5-7-9-8-6-4-2/h37-39H,4,7-35H2,1-3,5-6H3;14-15H,3-13H2,1-2H3;3H,1,4-9H2,2H3. The van der Waals surface area contributed by atoms with Gasteiger partial charge in [0.2, 0.25) is 0 Å². The van der Waals surface area contributed by atoms with Gasteiger partial charge in [-0.25, -0.2) is 0 Å². The summed E-state index contributed by atoms with van der Waals surface area (Å²) in [6.45, 7) is 24.3. The highest BCUT2D eigenvalue weighted by atomic mass is 16.1. The van der Waals surface area contributed by atoms with Crippen LogP contribution in [0, 0.1) is 11.8 Å². The fourth-order valence-corrected chi connectivity index (χ4v) is 9.60. The maximum atomic E-state index is 10.6. The predicted octanol–water partition coefficient (Wildman–Crippen LogP) is 20.9. The van der Waals surface area contributed by atoms with Gasteiger partial charge in [0.25, 0.3) is 0 Å². The third-order valence-electron chi connectivity index (χ3n) is 14.2. The minimum Gasteiger partial charge on any atom is -0.320 e. The van der Waals surface area contributed by atoms with Crippen molar-refractivity contribution in [3.8, 4) is 0 Å². The Bertz CT molecular complexity index is 874. The Morgan fingerprint density at radius 3 is 1.26 bits per heavy atom. The van der Waals surface area contributed by atoms with E-state index in [1.54, 1.807) is 5.57 Å². The molecule has 1 N–H and O–H groups in total. The van der Waals surface area contributed by atoms with E-state index in [0.29, 0.717) is 5.92 Å². The first-order valence-electron chi connectivity index (χ1n) is 29.9. The molecular formula is C62H126N2O. The molecule has 0 saturated carbocycles. The van der Waals surface area contributed by atoms with Gasteiger partial charge in [-0.2, -0.15) is 0 Å². The number of hydrogen-bond donors (Lipinski definition) is 1. The van der Waals surface area contributed by atoms with Crippen molar-refractivity contribution in [2.45, 2.75) is 330 Å². The van der Waals surface area contributed by atoms with Crippen LogP contribution in [0.1, 0.15) is 324 Å². The average Bonchev–Trinajstić information content (AvgIpc) is 3.30. The van der Waals surface area contributed by atoms with Crippen LogP contribution in [-0.4, -0.2) is 44.4 Å². The quantitative estimate of drug-likeness (QED) is 0.0375. The van der Waals surface area contributed by atoms with Crippen molar-refractivity contribution in [2.75, 3.05) is 27.2 Å². The van der Waals surface area contributed by atoms with Gasteiger partial charge < -0.3 is 15.0 Å². The van der Waals surface area contributed by atoms with E-state index in [2.05, 4.69) is 79.0 Å². The van der Waals surface area contributed by atoms with E-state index in [1.807, 2.05) is 6.08 Å². The van der Waals surface area contributed by atoms with Gasteiger partial charge in [-0.3, -0.25) is 0 Å². The van der Waals surface area contributed by atoms with Crippen LogP contribution < -0.4 is 5.32 Å². The number of unbranched alkanes of at least 4 members (excludes halogenated alkanes) is 27. The lowest BCUT2D eigenvalue weighted by atomic mass is 9.88. The molecule has 390 valence electrons. The summed E-state index contributed by atoms with van der Waals surface area (Å²) in [6, 6.07) is 0.795. The van der Waals surface area contributed by atoms with Crippen molar-refractivity contribution in [1.29, 1.82) is 0 Å². The number of nitrogens with zero attached hydrogens (tertiary/aromatic N) is 1. The lowest BCUT2D eigenvalue weighted by molar-refractivity contribution is -0.108. The summed E-state index contributed by atoms with van der Waals surface area (Å²) in [5.74, 6) is 1.58. The zero-order chi connectivity index (χ0) is 48.5. The minimum atomic E-state index is 0.672. The van der Waals surface area contributed by atoms with Crippen LogP contribution in [0.3, 0.4) is 0 Å². The molecule has 0 radical (unpaired) electrons. The van der Waals surface area contributed by atoms with Gasteiger partial charge in [0.1, 0.15) is 6.29 Å². The number of hydrogen-bond acceptors (Lipinski definition) is 3. The number of carbonyl (C=O) groups is 1. The molecule has 0 saturated heterocycles. The Kier molecular flexibility index (Phi) is 64.2. The normalized spacial score (nSPS) is 12.2. The minimum absolute atomic E-state index is 0.672. The summed E-state index contributed by atoms with van der Waals surface area (Å²) in [7, 11) is 4.46. The summed E-state index contributed by atoms with van der Waals surface area (Å²) >= 11 is 0. The molecule has 3 nitrogen and oxygen atoms in total. The molecule has 0 spiro atoms. The van der Waals surface area contributed by atoms with Crippen LogP contribution in [-0.2, 0) is 4.79 Å². The molecule has 0 bridgehead atoms. The van der Waals surface area contributed by atoms with Gasteiger partial charge in [-0.1, -0.05) is 284 Å². The van der Waals surface area contributed by atoms with Crippen LogP contribution in [0.5, 0.6) is 0 Å². The maximum Gasteiger partial charge on any atom is 0.120 e. The molecule has 0 aliphatic rings. The van der Waals surface area contributed by atoms with Gasteiger partial charge in [-0.15, -0.1) is 6.58 Å². The molecule has 0 amide bonds. The van der Waals surface area contributed by atoms with Crippen LogP contribution in [0.15, 0.2) is 24.8 Å². The largest absolute Gasteiger partial charge is 0.320 e. The van der Waals surface area contributed by atoms with Crippen LogP contribution in [0.25, 0.3) is 0 Å². The van der Waals surface area contributed by atoms with Gasteiger partial charge in [0, 0.05) is 12.5 Å². The highest BCUT2D eigenvalue weighted by Gasteiger charge is 2.15. The molecule has 0 aromatic carbocycles. The van der Waals surface area contributed by atoms with Crippen LogP contribution in [0.2, 0.25) is 0 Å². The zero-order valence-electron chi connectivity index (χ0n) is 46.7. The predicted molar refractivity (Wildman–Crippen MR) is 300 cm³/mol. The Morgan fingerprint density at radius 1 is 0.477 bits per heavy atom. The van der Waals surface area contributed by atoms with E-state index in [-0.39, 0.29) is 0 Å². The monoisotopic (exact) mass is 915 g/mol. The highest BCUT2D eigenvalue weighted by Crippen LogP contribution is 2.27. The van der Waals surface area contributed by atoms with E-state index in [4.69, 9.17) is 0 Å². The Balaban J connectivity index is -0.00000125. The summed E-state index contributed by atoms with van der Waals surface area (Å²) in [5.41, 5.74) is 1.55. The topological polar surface area (TPSA) is 32.3 Å². The van der Waals surface area contributed by atoms with Crippen molar-refractivity contribution in [1.82, 2.24) is 10.2 Å². The third kappa shape index (κ3) is 57.3. The lowest BCUT2D eigenvalue weighted by Gasteiger charge is -2.28. The molecule has 3 heteroatoms. The first-order chi connectivity index (χ1) is 31.8. The molecule has 0 fully saturated rings. The van der Waals surface area contributed by atoms with Gasteiger partial charge >= 0.3 is 0 Å². The second-order valence-electron chi connectivity index (χ2n) is 20.8. The molecule has 0 aliphatic heterocycles. The number of aldehydes is 1. The maximum absolute atomic E-state index is 10.6. The zero-order valence-corrected chi connectivity index (χ0v) is 46.7. The molecule has 2 atom stereocenters. The number of rotatable bonds is 51. The van der Waals surface area contributed by atoms with E-state index in [9.17, 15) is 4.79 Å². The van der Waals surface area contributed by atoms with E-state index >= 15 is 0 Å². The molecule has 65 heavy (non-hydrogen) atoms. The average molecular weight is 916 g/mol. The van der Waals surface area contributed by atoms with E-state index in [1.165, 1.54) is 283 Å². The van der Waals surface area contributed by atoms with Crippen molar-refractivity contribution in [3.63, 3.8) is 0 Å². The van der Waals surface area contributed by atoms with Gasteiger partial charge in [-0.05, 0) is 90.4 Å². The van der Waals surface area contributed by atoms with Gasteiger partial charge in [0.15, 0.2) is 0 Å². The van der Waals surface area contributed by atoms with E-state index < -0.39 is 0 Å². The molecule has 2 unspecified atom stereocenters. The Labute approximate surface area is 413 Å². The van der Waals surface area contributed by atoms with Crippen molar-refractivity contribution >= 4 is 6.29 Å². The lowest BCUT2D eigenvalue weighted by Crippen LogP contribution is -2.33.